The molecule has 0 saturated heterocycles. The zero-order valence-electron chi connectivity index (χ0n) is 19.6. The second-order valence-electron chi connectivity index (χ2n) is 8.33. The number of benzene rings is 2. The summed E-state index contributed by atoms with van der Waals surface area (Å²) in [5, 5.41) is 6.76. The van der Waals surface area contributed by atoms with Gasteiger partial charge in [-0.3, -0.25) is 4.79 Å². The van der Waals surface area contributed by atoms with Crippen LogP contribution in [0.15, 0.2) is 51.9 Å². The quantitative estimate of drug-likeness (QED) is 0.506. The first-order valence-electron chi connectivity index (χ1n) is 10.9. The third-order valence-corrected chi connectivity index (χ3v) is 7.27. The van der Waals surface area contributed by atoms with Crippen LogP contribution in [0.25, 0.3) is 0 Å². The molecule has 0 spiro atoms. The van der Waals surface area contributed by atoms with Crippen molar-refractivity contribution in [2.75, 3.05) is 18.4 Å². The Morgan fingerprint density at radius 1 is 1.12 bits per heavy atom. The second-order valence-corrected chi connectivity index (χ2v) is 10.2. The molecule has 3 aromatic rings. The van der Waals surface area contributed by atoms with E-state index in [4.69, 9.17) is 4.52 Å². The maximum atomic E-state index is 13.1. The highest BCUT2D eigenvalue weighted by Gasteiger charge is 2.27. The average molecular weight is 471 g/mol. The lowest BCUT2D eigenvalue weighted by Crippen LogP contribution is -2.38. The van der Waals surface area contributed by atoms with E-state index in [1.165, 1.54) is 4.31 Å². The Hall–Kier alpha value is -3.04. The van der Waals surface area contributed by atoms with Crippen LogP contribution < -0.4 is 5.32 Å². The summed E-state index contributed by atoms with van der Waals surface area (Å²) in [5.41, 5.74) is 3.05. The van der Waals surface area contributed by atoms with E-state index < -0.39 is 15.9 Å². The monoisotopic (exact) mass is 470 g/mol. The molecule has 1 N–H and O–H groups in total. The summed E-state index contributed by atoms with van der Waals surface area (Å²) >= 11 is 0. The van der Waals surface area contributed by atoms with E-state index in [-0.39, 0.29) is 23.9 Å². The number of likely N-dealkylation sites (N-methyl/N-ethyl adjacent to an activating group) is 1. The number of hydrogen-bond donors (Lipinski definition) is 1. The van der Waals surface area contributed by atoms with E-state index >= 15 is 0 Å². The van der Waals surface area contributed by atoms with Gasteiger partial charge in [0.05, 0.1) is 11.4 Å². The van der Waals surface area contributed by atoms with Gasteiger partial charge in [-0.25, -0.2) is 8.42 Å². The van der Waals surface area contributed by atoms with Gasteiger partial charge in [0.2, 0.25) is 21.8 Å². The fraction of sp³-hybridized carbons (Fsp3) is 0.375. The molecule has 1 aromatic heterocycles. The van der Waals surface area contributed by atoms with Crippen molar-refractivity contribution in [1.82, 2.24) is 14.4 Å². The van der Waals surface area contributed by atoms with Crippen LogP contribution in [0, 0.1) is 13.8 Å². The van der Waals surface area contributed by atoms with Crippen molar-refractivity contribution in [2.45, 2.75) is 51.9 Å². The minimum Gasteiger partial charge on any atom is -0.339 e. The van der Waals surface area contributed by atoms with Crippen LogP contribution in [0.1, 0.15) is 55.1 Å². The number of nitrogens with zero attached hydrogens (tertiary/aromatic N) is 3. The van der Waals surface area contributed by atoms with E-state index in [2.05, 4.69) is 15.5 Å². The summed E-state index contributed by atoms with van der Waals surface area (Å²) in [5.74, 6) is 0.972. The summed E-state index contributed by atoms with van der Waals surface area (Å²) < 4.78 is 32.6. The predicted octanol–water partition coefficient (Wildman–Crippen LogP) is 4.05. The number of amides is 1. The molecule has 33 heavy (non-hydrogen) atoms. The largest absolute Gasteiger partial charge is 0.339 e. The predicted molar refractivity (Wildman–Crippen MR) is 127 cm³/mol. The van der Waals surface area contributed by atoms with Gasteiger partial charge in [0, 0.05) is 24.6 Å². The molecule has 1 heterocycles. The zero-order valence-corrected chi connectivity index (χ0v) is 20.4. The summed E-state index contributed by atoms with van der Waals surface area (Å²) in [7, 11) is -3.79. The smallest absolute Gasteiger partial charge is 0.243 e. The highest BCUT2D eigenvalue weighted by molar-refractivity contribution is 7.89. The second kappa shape index (κ2) is 10.3. The average Bonchev–Trinajstić information content (AvgIpc) is 3.24. The molecule has 0 aliphatic carbocycles. The first-order chi connectivity index (χ1) is 15.6. The molecule has 0 unspecified atom stereocenters. The van der Waals surface area contributed by atoms with Gasteiger partial charge < -0.3 is 9.84 Å². The summed E-state index contributed by atoms with van der Waals surface area (Å²) in [6, 6.07) is 12.5. The van der Waals surface area contributed by atoms with Gasteiger partial charge in [-0.2, -0.15) is 9.29 Å². The van der Waals surface area contributed by atoms with Gasteiger partial charge in [0.25, 0.3) is 0 Å². The minimum atomic E-state index is -3.79. The number of aryl methyl sites for hydroxylation is 2. The van der Waals surface area contributed by atoms with Crippen molar-refractivity contribution < 1.29 is 17.7 Å². The van der Waals surface area contributed by atoms with Crippen molar-refractivity contribution in [2.24, 2.45) is 0 Å². The summed E-state index contributed by atoms with van der Waals surface area (Å²) in [6.45, 7) is 9.20. The number of sulfonamides is 1. The van der Waals surface area contributed by atoms with Crippen LogP contribution in [-0.4, -0.2) is 41.9 Å². The molecule has 8 nitrogen and oxygen atoms in total. The highest BCUT2D eigenvalue weighted by atomic mass is 32.2. The Labute approximate surface area is 195 Å². The number of hydrogen-bond acceptors (Lipinski definition) is 6. The van der Waals surface area contributed by atoms with Gasteiger partial charge in [0.1, 0.15) is 0 Å². The normalized spacial score (nSPS) is 11.8. The molecule has 2 aromatic carbocycles. The molecule has 0 radical (unpaired) electrons. The Balaban J connectivity index is 1.64. The molecular formula is C24H30N4O4S. The fourth-order valence-corrected chi connectivity index (χ4v) is 5.03. The summed E-state index contributed by atoms with van der Waals surface area (Å²) in [6.07, 6.45) is 0.516. The number of carbonyl (C=O) groups is 1. The lowest BCUT2D eigenvalue weighted by Gasteiger charge is -2.21. The molecule has 9 heteroatoms. The van der Waals surface area contributed by atoms with Crippen molar-refractivity contribution in [3.05, 3.63) is 70.9 Å². The van der Waals surface area contributed by atoms with Crippen LogP contribution >= 0.6 is 0 Å². The van der Waals surface area contributed by atoms with E-state index in [1.807, 2.05) is 39.0 Å². The molecule has 0 fully saturated rings. The van der Waals surface area contributed by atoms with Gasteiger partial charge in [0.15, 0.2) is 5.82 Å². The third-order valence-electron chi connectivity index (χ3n) is 5.21. The SMILES string of the molecule is CCN(CC(=O)Nc1ccc(Cc2noc(C(C)C)n2)cc1)S(=O)(=O)c1cc(C)ccc1C. The van der Waals surface area contributed by atoms with Crippen LogP contribution in [0.4, 0.5) is 5.69 Å². The van der Waals surface area contributed by atoms with Crippen LogP contribution in [-0.2, 0) is 21.2 Å². The van der Waals surface area contributed by atoms with Gasteiger partial charge in [-0.1, -0.05) is 50.2 Å². The number of nitrogens with one attached hydrogen (secondary N) is 1. The van der Waals surface area contributed by atoms with Crippen molar-refractivity contribution in [1.29, 1.82) is 0 Å². The van der Waals surface area contributed by atoms with Gasteiger partial charge in [-0.05, 0) is 48.7 Å². The lowest BCUT2D eigenvalue weighted by atomic mass is 10.1. The van der Waals surface area contributed by atoms with E-state index in [1.54, 1.807) is 38.1 Å². The van der Waals surface area contributed by atoms with Crippen LogP contribution in [0.3, 0.4) is 0 Å². The van der Waals surface area contributed by atoms with E-state index in [0.29, 0.717) is 29.4 Å². The minimum absolute atomic E-state index is 0.171. The maximum Gasteiger partial charge on any atom is 0.243 e. The Kier molecular flexibility index (Phi) is 7.65. The third kappa shape index (κ3) is 6.06. The summed E-state index contributed by atoms with van der Waals surface area (Å²) in [4.78, 5) is 17.2. The lowest BCUT2D eigenvalue weighted by molar-refractivity contribution is -0.116. The van der Waals surface area contributed by atoms with Gasteiger partial charge >= 0.3 is 0 Å². The number of carbonyl (C=O) groups excluding carboxylic acids is 1. The number of aromatic nitrogens is 2. The Morgan fingerprint density at radius 3 is 2.42 bits per heavy atom. The topological polar surface area (TPSA) is 105 Å². The highest BCUT2D eigenvalue weighted by Crippen LogP contribution is 2.21. The molecule has 0 aliphatic rings. The fourth-order valence-electron chi connectivity index (χ4n) is 3.31. The molecule has 1 amide bonds. The van der Waals surface area contributed by atoms with Crippen LogP contribution in [0.2, 0.25) is 0 Å². The van der Waals surface area contributed by atoms with E-state index in [9.17, 15) is 13.2 Å². The molecule has 0 bridgehead atoms. The molecule has 176 valence electrons. The van der Waals surface area contributed by atoms with Crippen molar-refractivity contribution in [3.8, 4) is 0 Å². The first kappa shape index (κ1) is 24.6. The Bertz CT molecular complexity index is 1220. The zero-order chi connectivity index (χ0) is 24.2. The maximum absolute atomic E-state index is 13.1. The van der Waals surface area contributed by atoms with Crippen molar-refractivity contribution in [3.63, 3.8) is 0 Å². The number of anilines is 1. The molecular weight excluding hydrogens is 440 g/mol. The Morgan fingerprint density at radius 2 is 1.82 bits per heavy atom. The molecule has 3 rings (SSSR count). The molecule has 0 saturated carbocycles. The number of rotatable bonds is 9. The van der Waals surface area contributed by atoms with Crippen molar-refractivity contribution >= 4 is 21.6 Å². The van der Waals surface area contributed by atoms with Crippen LogP contribution in [0.5, 0.6) is 0 Å². The van der Waals surface area contributed by atoms with Gasteiger partial charge in [-0.15, -0.1) is 0 Å². The molecule has 0 atom stereocenters. The standard InChI is InChI=1S/C24H30N4O4S/c1-6-28(33(30,31)21-13-17(4)7-8-18(21)5)15-23(29)25-20-11-9-19(10-12-20)14-22-26-24(16(2)3)32-27-22/h7-13,16H,6,14-15H2,1-5H3,(H,25,29). The first-order valence-corrected chi connectivity index (χ1v) is 12.3. The molecule has 0 aliphatic heterocycles. The van der Waals surface area contributed by atoms with E-state index in [0.717, 1.165) is 11.1 Å².